The number of pyridine rings is 1. The second-order valence-electron chi connectivity index (χ2n) is 7.59. The van der Waals surface area contributed by atoms with Crippen molar-refractivity contribution < 1.29 is 9.13 Å². The summed E-state index contributed by atoms with van der Waals surface area (Å²) in [7, 11) is 1.51. The number of aromatic nitrogens is 4. The molecule has 1 aliphatic heterocycles. The van der Waals surface area contributed by atoms with Gasteiger partial charge in [-0.25, -0.2) is 19.3 Å². The summed E-state index contributed by atoms with van der Waals surface area (Å²) in [6, 6.07) is 3.24. The summed E-state index contributed by atoms with van der Waals surface area (Å²) in [6.07, 6.45) is 6.60. The molecule has 0 atom stereocenters. The molecule has 4 aromatic rings. The predicted molar refractivity (Wildman–Crippen MR) is 128 cm³/mol. The van der Waals surface area contributed by atoms with Gasteiger partial charge in [-0.1, -0.05) is 0 Å². The van der Waals surface area contributed by atoms with Crippen LogP contribution in [0.1, 0.15) is 6.92 Å². The number of nitrogens with zero attached hydrogens (tertiary/aromatic N) is 4. The molecule has 168 valence electrons. The van der Waals surface area contributed by atoms with Crippen molar-refractivity contribution in [1.29, 1.82) is 0 Å². The minimum Gasteiger partial charge on any atom is -0.467 e. The molecule has 0 radical (unpaired) electrons. The molecule has 0 amide bonds. The number of fused-ring (bicyclic) bond motifs is 3. The molecule has 1 fully saturated rings. The van der Waals surface area contributed by atoms with E-state index in [9.17, 15) is 4.39 Å². The third-order valence-corrected chi connectivity index (χ3v) is 5.58. The van der Waals surface area contributed by atoms with Gasteiger partial charge in [-0.2, -0.15) is 0 Å². The summed E-state index contributed by atoms with van der Waals surface area (Å²) >= 11 is 0. The number of methoxy groups -OCH3 is 1. The largest absolute Gasteiger partial charge is 0.467 e. The van der Waals surface area contributed by atoms with Gasteiger partial charge in [0.2, 0.25) is 0 Å². The van der Waals surface area contributed by atoms with Crippen molar-refractivity contribution in [3.8, 4) is 17.1 Å². The van der Waals surface area contributed by atoms with Crippen LogP contribution in [-0.4, -0.2) is 52.4 Å². The highest BCUT2D eigenvalue weighted by atomic mass is 19.1. The molecule has 3 aromatic heterocycles. The molecule has 33 heavy (non-hydrogen) atoms. The summed E-state index contributed by atoms with van der Waals surface area (Å²) in [5.74, 6) is -0.346. The number of aromatic amines is 1. The van der Waals surface area contributed by atoms with Gasteiger partial charge in [0.25, 0.3) is 0 Å². The fourth-order valence-corrected chi connectivity index (χ4v) is 4.06. The molecule has 1 aliphatic rings. The minimum atomic E-state index is -0.346. The molecule has 5 rings (SSSR count). The van der Waals surface area contributed by atoms with Crippen molar-refractivity contribution >= 4 is 39.0 Å². The second kappa shape index (κ2) is 8.47. The van der Waals surface area contributed by atoms with Crippen LogP contribution < -0.4 is 21.1 Å². The number of aliphatic imine (C=N–C) groups is 1. The van der Waals surface area contributed by atoms with E-state index in [-0.39, 0.29) is 11.8 Å². The van der Waals surface area contributed by atoms with Crippen LogP contribution in [0.4, 0.5) is 15.8 Å². The van der Waals surface area contributed by atoms with Gasteiger partial charge in [0.05, 0.1) is 35.1 Å². The molecule has 1 aromatic carbocycles. The molecule has 0 spiro atoms. The Morgan fingerprint density at radius 1 is 1.21 bits per heavy atom. The highest BCUT2D eigenvalue weighted by Crippen LogP contribution is 2.41. The van der Waals surface area contributed by atoms with Crippen molar-refractivity contribution in [3.63, 3.8) is 0 Å². The van der Waals surface area contributed by atoms with Gasteiger partial charge in [-0.05, 0) is 19.1 Å². The molecule has 9 nitrogen and oxygen atoms in total. The Labute approximate surface area is 189 Å². The number of hydrogen-bond donors (Lipinski definition) is 4. The first-order valence-corrected chi connectivity index (χ1v) is 10.6. The zero-order chi connectivity index (χ0) is 22.9. The zero-order valence-corrected chi connectivity index (χ0v) is 18.2. The standard InChI is InChI=1S/C23H23FN8O/c1-3-27-17-5-14(24)4-15-19-21(31-18-11-26-7-12(18)6-25)16(10-28-22(19)32-20(15)17)13-8-29-23(33-2)30-9-13/h4-6,8-10,26-27H,3,7,11,25H2,1-2H3,(H,28,32). The van der Waals surface area contributed by atoms with E-state index in [2.05, 4.69) is 30.6 Å². The topological polar surface area (TPSA) is 126 Å². The molecule has 4 heterocycles. The van der Waals surface area contributed by atoms with Crippen LogP contribution in [0.25, 0.3) is 33.1 Å². The number of anilines is 1. The quantitative estimate of drug-likeness (QED) is 0.371. The Bertz CT molecular complexity index is 1410. The molecule has 0 saturated carbocycles. The van der Waals surface area contributed by atoms with Gasteiger partial charge in [0, 0.05) is 66.5 Å². The number of ether oxygens (including phenoxy) is 1. The van der Waals surface area contributed by atoms with E-state index in [1.165, 1.54) is 19.2 Å². The Morgan fingerprint density at radius 3 is 2.76 bits per heavy atom. The molecule has 0 unspecified atom stereocenters. The predicted octanol–water partition coefficient (Wildman–Crippen LogP) is 3.27. The number of benzene rings is 1. The van der Waals surface area contributed by atoms with Crippen LogP contribution in [0.3, 0.4) is 0 Å². The maximum absolute atomic E-state index is 14.6. The van der Waals surface area contributed by atoms with E-state index in [0.29, 0.717) is 53.0 Å². The van der Waals surface area contributed by atoms with Crippen molar-refractivity contribution in [2.24, 2.45) is 10.7 Å². The summed E-state index contributed by atoms with van der Waals surface area (Å²) in [6.45, 7) is 3.83. The molecule has 10 heteroatoms. The van der Waals surface area contributed by atoms with Crippen molar-refractivity contribution in [1.82, 2.24) is 25.3 Å². The lowest BCUT2D eigenvalue weighted by molar-refractivity contribution is 0.380. The average Bonchev–Trinajstić information content (AvgIpc) is 3.44. The first-order chi connectivity index (χ1) is 16.1. The van der Waals surface area contributed by atoms with Gasteiger partial charge in [-0.15, -0.1) is 0 Å². The number of nitrogens with one attached hydrogen (secondary N) is 3. The summed E-state index contributed by atoms with van der Waals surface area (Å²) < 4.78 is 19.7. The molecule has 0 bridgehead atoms. The van der Waals surface area contributed by atoms with Crippen molar-refractivity contribution in [2.75, 3.05) is 32.1 Å². The van der Waals surface area contributed by atoms with Gasteiger partial charge in [0.15, 0.2) is 0 Å². The Hall–Kier alpha value is -4.05. The van der Waals surface area contributed by atoms with Crippen molar-refractivity contribution in [3.05, 3.63) is 48.3 Å². The highest BCUT2D eigenvalue weighted by molar-refractivity contribution is 6.18. The lowest BCUT2D eigenvalue weighted by atomic mass is 10.0. The number of rotatable bonds is 5. The van der Waals surface area contributed by atoms with E-state index >= 15 is 0 Å². The van der Waals surface area contributed by atoms with Gasteiger partial charge in [-0.3, -0.25) is 4.99 Å². The zero-order valence-electron chi connectivity index (χ0n) is 18.2. The summed E-state index contributed by atoms with van der Waals surface area (Å²) in [4.78, 5) is 21.4. The van der Waals surface area contributed by atoms with Crippen LogP contribution in [-0.2, 0) is 0 Å². The molecule has 0 aliphatic carbocycles. The van der Waals surface area contributed by atoms with Crippen LogP contribution >= 0.6 is 0 Å². The number of H-pyrrole nitrogens is 1. The molecular weight excluding hydrogens is 423 g/mol. The highest BCUT2D eigenvalue weighted by Gasteiger charge is 2.21. The monoisotopic (exact) mass is 446 g/mol. The maximum Gasteiger partial charge on any atom is 0.316 e. The maximum atomic E-state index is 14.6. The SMILES string of the molecule is CCNc1cc(F)cc2c1[nH]c1ncc(-c3cnc(OC)nc3)c(N=C3CNCC3=CN)c12. The Kier molecular flexibility index (Phi) is 5.35. The number of hydrogen-bond acceptors (Lipinski definition) is 8. The first kappa shape index (κ1) is 20.8. The molecular formula is C23H23FN8O. The third-order valence-electron chi connectivity index (χ3n) is 5.58. The third kappa shape index (κ3) is 3.64. The van der Waals surface area contributed by atoms with Gasteiger partial charge in [0.1, 0.15) is 11.5 Å². The van der Waals surface area contributed by atoms with E-state index in [1.807, 2.05) is 6.92 Å². The van der Waals surface area contributed by atoms with Gasteiger partial charge < -0.3 is 26.1 Å². The fraction of sp³-hybridized carbons (Fsp3) is 0.217. The van der Waals surface area contributed by atoms with Crippen LogP contribution in [0.15, 0.2) is 47.5 Å². The van der Waals surface area contributed by atoms with E-state index in [0.717, 1.165) is 22.4 Å². The molecule has 1 saturated heterocycles. The Balaban J connectivity index is 1.85. The lowest BCUT2D eigenvalue weighted by Gasteiger charge is -2.09. The number of halogens is 1. The smallest absolute Gasteiger partial charge is 0.316 e. The fourth-order valence-electron chi connectivity index (χ4n) is 4.06. The minimum absolute atomic E-state index is 0.262. The van der Waals surface area contributed by atoms with Gasteiger partial charge >= 0.3 is 6.01 Å². The lowest BCUT2D eigenvalue weighted by Crippen LogP contribution is -2.08. The summed E-state index contributed by atoms with van der Waals surface area (Å²) in [5, 5.41) is 7.89. The second-order valence-corrected chi connectivity index (χ2v) is 7.59. The summed E-state index contributed by atoms with van der Waals surface area (Å²) in [5.41, 5.74) is 11.7. The van der Waals surface area contributed by atoms with Crippen LogP contribution in [0, 0.1) is 5.82 Å². The normalized spacial score (nSPS) is 16.3. The van der Waals surface area contributed by atoms with E-state index < -0.39 is 0 Å². The van der Waals surface area contributed by atoms with Crippen LogP contribution in [0.2, 0.25) is 0 Å². The van der Waals surface area contributed by atoms with Crippen molar-refractivity contribution in [2.45, 2.75) is 6.92 Å². The van der Waals surface area contributed by atoms with Crippen LogP contribution in [0.5, 0.6) is 6.01 Å². The number of nitrogens with two attached hydrogens (primary N) is 1. The first-order valence-electron chi connectivity index (χ1n) is 10.6. The average molecular weight is 446 g/mol. The van der Waals surface area contributed by atoms with E-state index in [4.69, 9.17) is 15.5 Å². The molecule has 5 N–H and O–H groups in total. The Morgan fingerprint density at radius 2 is 2.03 bits per heavy atom. The van der Waals surface area contributed by atoms with E-state index in [1.54, 1.807) is 24.8 Å².